The number of anilines is 1. The molecule has 0 aliphatic carbocycles. The highest BCUT2D eigenvalue weighted by atomic mass is 19.1. The van der Waals surface area contributed by atoms with E-state index in [1.807, 2.05) is 0 Å². The lowest BCUT2D eigenvalue weighted by Gasteiger charge is -2.07. The van der Waals surface area contributed by atoms with Gasteiger partial charge in [0.25, 0.3) is 11.6 Å². The summed E-state index contributed by atoms with van der Waals surface area (Å²) in [5, 5.41) is 21.4. The number of nitro groups is 1. The fourth-order valence-corrected chi connectivity index (χ4v) is 1.27. The maximum atomic E-state index is 13.4. The van der Waals surface area contributed by atoms with E-state index in [4.69, 9.17) is 5.11 Å². The fourth-order valence-electron chi connectivity index (χ4n) is 1.27. The Labute approximate surface area is 112 Å². The minimum atomic E-state index is -1.28. The van der Waals surface area contributed by atoms with E-state index < -0.39 is 28.3 Å². The summed E-state index contributed by atoms with van der Waals surface area (Å²) in [6, 6.07) is 2.66. The SMILES string of the molecule is CC(C(=O)O)=C(C)C(=O)Nc1cc([N+](=O)[O-])ccc1F. The van der Waals surface area contributed by atoms with Crippen LogP contribution in [-0.2, 0) is 9.59 Å². The average Bonchev–Trinajstić information content (AvgIpc) is 2.38. The van der Waals surface area contributed by atoms with Crippen LogP contribution < -0.4 is 5.32 Å². The Morgan fingerprint density at radius 3 is 2.40 bits per heavy atom. The second-order valence-electron chi connectivity index (χ2n) is 3.93. The van der Waals surface area contributed by atoms with Crippen molar-refractivity contribution in [3.8, 4) is 0 Å². The summed E-state index contributed by atoms with van der Waals surface area (Å²) in [6.07, 6.45) is 0. The molecule has 8 heteroatoms. The zero-order chi connectivity index (χ0) is 15.4. The van der Waals surface area contributed by atoms with E-state index in [1.54, 1.807) is 0 Å². The highest BCUT2D eigenvalue weighted by Crippen LogP contribution is 2.22. The van der Waals surface area contributed by atoms with E-state index in [0.29, 0.717) is 0 Å². The van der Waals surface area contributed by atoms with Crippen molar-refractivity contribution >= 4 is 23.3 Å². The Bertz CT molecular complexity index is 624. The van der Waals surface area contributed by atoms with E-state index in [1.165, 1.54) is 13.8 Å². The van der Waals surface area contributed by atoms with Gasteiger partial charge in [0.15, 0.2) is 0 Å². The predicted octanol–water partition coefficient (Wildman–Crippen LogP) is 2.09. The largest absolute Gasteiger partial charge is 0.478 e. The highest BCUT2D eigenvalue weighted by molar-refractivity contribution is 6.08. The molecule has 1 amide bonds. The number of carbonyl (C=O) groups excluding carboxylic acids is 1. The number of rotatable bonds is 4. The first kappa shape index (κ1) is 15.3. The fraction of sp³-hybridized carbons (Fsp3) is 0.167. The van der Waals surface area contributed by atoms with Gasteiger partial charge >= 0.3 is 5.97 Å². The van der Waals surface area contributed by atoms with Crippen LogP contribution in [0.5, 0.6) is 0 Å². The van der Waals surface area contributed by atoms with Crippen molar-refractivity contribution in [2.24, 2.45) is 0 Å². The lowest BCUT2D eigenvalue weighted by atomic mass is 10.1. The summed E-state index contributed by atoms with van der Waals surface area (Å²) < 4.78 is 13.4. The third-order valence-electron chi connectivity index (χ3n) is 2.63. The number of carboxylic acid groups (broad SMARTS) is 1. The molecule has 1 aromatic carbocycles. The molecule has 20 heavy (non-hydrogen) atoms. The van der Waals surface area contributed by atoms with Crippen molar-refractivity contribution < 1.29 is 24.0 Å². The van der Waals surface area contributed by atoms with Crippen LogP contribution in [0, 0.1) is 15.9 Å². The zero-order valence-electron chi connectivity index (χ0n) is 10.6. The van der Waals surface area contributed by atoms with Crippen LogP contribution in [0.25, 0.3) is 0 Å². The van der Waals surface area contributed by atoms with E-state index in [9.17, 15) is 24.1 Å². The minimum Gasteiger partial charge on any atom is -0.478 e. The number of benzene rings is 1. The predicted molar refractivity (Wildman–Crippen MR) is 67.7 cm³/mol. The number of hydrogen-bond donors (Lipinski definition) is 2. The van der Waals surface area contributed by atoms with E-state index in [2.05, 4.69) is 5.32 Å². The number of nitrogens with one attached hydrogen (secondary N) is 1. The summed E-state index contributed by atoms with van der Waals surface area (Å²) >= 11 is 0. The Hall–Kier alpha value is -2.77. The van der Waals surface area contributed by atoms with Gasteiger partial charge in [-0.3, -0.25) is 14.9 Å². The quantitative estimate of drug-likeness (QED) is 0.499. The maximum Gasteiger partial charge on any atom is 0.331 e. The average molecular weight is 282 g/mol. The number of halogens is 1. The van der Waals surface area contributed by atoms with Gasteiger partial charge in [0, 0.05) is 23.3 Å². The lowest BCUT2D eigenvalue weighted by Crippen LogP contribution is -2.17. The van der Waals surface area contributed by atoms with Gasteiger partial charge in [-0.2, -0.15) is 0 Å². The number of non-ortho nitro benzene ring substituents is 1. The molecule has 0 unspecified atom stereocenters. The Morgan fingerprint density at radius 1 is 1.30 bits per heavy atom. The summed E-state index contributed by atoms with van der Waals surface area (Å²) in [4.78, 5) is 32.3. The Morgan fingerprint density at radius 2 is 1.90 bits per heavy atom. The van der Waals surface area contributed by atoms with Crippen molar-refractivity contribution in [3.05, 3.63) is 45.3 Å². The Kier molecular flexibility index (Phi) is 4.52. The first-order chi connectivity index (χ1) is 9.23. The molecule has 106 valence electrons. The van der Waals surface area contributed by atoms with Gasteiger partial charge in [-0.15, -0.1) is 0 Å². The summed E-state index contributed by atoms with van der Waals surface area (Å²) in [7, 11) is 0. The monoisotopic (exact) mass is 282 g/mol. The molecule has 0 aliphatic heterocycles. The number of nitrogens with zero attached hydrogens (tertiary/aromatic N) is 1. The molecule has 0 saturated heterocycles. The zero-order valence-corrected chi connectivity index (χ0v) is 10.6. The van der Waals surface area contributed by atoms with Gasteiger partial charge in [0.05, 0.1) is 10.6 Å². The van der Waals surface area contributed by atoms with Crippen molar-refractivity contribution in [1.29, 1.82) is 0 Å². The van der Waals surface area contributed by atoms with Gasteiger partial charge in [-0.25, -0.2) is 9.18 Å². The smallest absolute Gasteiger partial charge is 0.331 e. The number of carbonyl (C=O) groups is 2. The third-order valence-corrected chi connectivity index (χ3v) is 2.63. The summed E-state index contributed by atoms with van der Waals surface area (Å²) in [5.74, 6) is -2.98. The molecule has 0 bridgehead atoms. The van der Waals surface area contributed by atoms with Crippen molar-refractivity contribution in [2.75, 3.05) is 5.32 Å². The molecule has 2 N–H and O–H groups in total. The third kappa shape index (κ3) is 3.37. The Balaban J connectivity index is 3.08. The second kappa shape index (κ2) is 5.91. The molecule has 1 aromatic rings. The normalized spacial score (nSPS) is 11.6. The first-order valence-electron chi connectivity index (χ1n) is 5.40. The maximum absolute atomic E-state index is 13.4. The molecule has 0 aromatic heterocycles. The molecule has 1 rings (SSSR count). The summed E-state index contributed by atoms with van der Waals surface area (Å²) in [5.41, 5.74) is -1.10. The lowest BCUT2D eigenvalue weighted by molar-refractivity contribution is -0.384. The van der Waals surface area contributed by atoms with Crippen molar-refractivity contribution in [2.45, 2.75) is 13.8 Å². The van der Waals surface area contributed by atoms with Gasteiger partial charge in [0.2, 0.25) is 0 Å². The molecular formula is C12H11FN2O5. The molecule has 0 radical (unpaired) electrons. The summed E-state index contributed by atoms with van der Waals surface area (Å²) in [6.45, 7) is 2.48. The van der Waals surface area contributed by atoms with Crippen LogP contribution in [0.3, 0.4) is 0 Å². The molecular weight excluding hydrogens is 271 g/mol. The van der Waals surface area contributed by atoms with E-state index >= 15 is 0 Å². The van der Waals surface area contributed by atoms with Crippen molar-refractivity contribution in [3.63, 3.8) is 0 Å². The number of carboxylic acids is 1. The van der Waals surface area contributed by atoms with Crippen LogP contribution in [0.4, 0.5) is 15.8 Å². The molecule has 0 heterocycles. The molecule has 0 atom stereocenters. The van der Waals surface area contributed by atoms with Crippen LogP contribution in [-0.4, -0.2) is 21.9 Å². The number of nitro benzene ring substituents is 1. The molecule has 0 aliphatic rings. The molecule has 0 fully saturated rings. The number of hydrogen-bond acceptors (Lipinski definition) is 4. The van der Waals surface area contributed by atoms with Crippen LogP contribution >= 0.6 is 0 Å². The van der Waals surface area contributed by atoms with Gasteiger partial charge in [-0.05, 0) is 19.9 Å². The van der Waals surface area contributed by atoms with E-state index in [-0.39, 0.29) is 16.8 Å². The van der Waals surface area contributed by atoms with Crippen LogP contribution in [0.2, 0.25) is 0 Å². The molecule has 0 spiro atoms. The standard InChI is InChI=1S/C12H11FN2O5/c1-6(7(2)12(17)18)11(16)14-10-5-8(15(19)20)3-4-9(10)13/h3-5H,1-2H3,(H,14,16)(H,17,18). The first-order valence-corrected chi connectivity index (χ1v) is 5.40. The second-order valence-corrected chi connectivity index (χ2v) is 3.93. The van der Waals surface area contributed by atoms with Gasteiger partial charge in [0.1, 0.15) is 5.82 Å². The van der Waals surface area contributed by atoms with Crippen LogP contribution in [0.15, 0.2) is 29.3 Å². The van der Waals surface area contributed by atoms with Crippen molar-refractivity contribution in [1.82, 2.24) is 0 Å². The topological polar surface area (TPSA) is 110 Å². The highest BCUT2D eigenvalue weighted by Gasteiger charge is 2.16. The number of aliphatic carboxylic acids is 1. The van der Waals surface area contributed by atoms with Gasteiger partial charge < -0.3 is 10.4 Å². The van der Waals surface area contributed by atoms with Gasteiger partial charge in [-0.1, -0.05) is 0 Å². The molecule has 7 nitrogen and oxygen atoms in total. The van der Waals surface area contributed by atoms with E-state index in [0.717, 1.165) is 18.2 Å². The molecule has 0 saturated carbocycles. The minimum absolute atomic E-state index is 0.122. The number of amides is 1. The van der Waals surface area contributed by atoms with Crippen LogP contribution in [0.1, 0.15) is 13.8 Å².